The number of hydrogen-bond donors (Lipinski definition) is 0. The molecule has 1 aliphatic heterocycles. The van der Waals surface area contributed by atoms with Gasteiger partial charge in [0.2, 0.25) is 5.95 Å². The minimum Gasteiger partial charge on any atom is -0.375 e. The van der Waals surface area contributed by atoms with E-state index >= 15 is 0 Å². The number of anilines is 1. The molecule has 1 aromatic carbocycles. The highest BCUT2D eigenvalue weighted by Crippen LogP contribution is 2.29. The summed E-state index contributed by atoms with van der Waals surface area (Å²) in [7, 11) is 0. The van der Waals surface area contributed by atoms with Gasteiger partial charge in [0.1, 0.15) is 22.8 Å². The molecule has 3 heterocycles. The van der Waals surface area contributed by atoms with Crippen LogP contribution in [0, 0.1) is 18.6 Å². The van der Waals surface area contributed by atoms with Gasteiger partial charge in [-0.15, -0.1) is 0 Å². The van der Waals surface area contributed by atoms with Gasteiger partial charge >= 0.3 is 0 Å². The quantitative estimate of drug-likeness (QED) is 0.703. The first-order chi connectivity index (χ1) is 12.5. The molecular weight excluding hydrogens is 340 g/mol. The SMILES string of the molecule is Cc1cnc2c(-c3ccc(F)cc3F)nc(N3CCO[C@@H](C)C3)nc2n1. The van der Waals surface area contributed by atoms with Gasteiger partial charge in [-0.25, -0.2) is 23.7 Å². The number of benzene rings is 1. The second-order valence-corrected chi connectivity index (χ2v) is 6.31. The maximum atomic E-state index is 14.4. The van der Waals surface area contributed by atoms with Crippen LogP contribution in [0.15, 0.2) is 24.4 Å². The standard InChI is InChI=1S/C18H17F2N5O/c1-10-8-21-16-15(13-4-3-12(19)7-14(13)20)23-18(24-17(16)22-10)25-5-6-26-11(2)9-25/h3-4,7-8,11H,5-6,9H2,1-2H3/t11-/m0/s1. The fourth-order valence-electron chi connectivity index (χ4n) is 2.99. The second kappa shape index (κ2) is 6.53. The molecule has 0 amide bonds. The smallest absolute Gasteiger partial charge is 0.228 e. The summed E-state index contributed by atoms with van der Waals surface area (Å²) in [5.74, 6) is -0.909. The summed E-state index contributed by atoms with van der Waals surface area (Å²) in [6, 6.07) is 3.39. The zero-order chi connectivity index (χ0) is 18.3. The van der Waals surface area contributed by atoms with E-state index in [0.717, 1.165) is 6.07 Å². The molecule has 0 N–H and O–H groups in total. The summed E-state index contributed by atoms with van der Waals surface area (Å²) in [5, 5.41) is 0. The van der Waals surface area contributed by atoms with Crippen molar-refractivity contribution in [1.29, 1.82) is 0 Å². The molecule has 3 aromatic rings. The van der Waals surface area contributed by atoms with Crippen molar-refractivity contribution in [3.63, 3.8) is 0 Å². The third-order valence-electron chi connectivity index (χ3n) is 4.23. The number of nitrogens with zero attached hydrogens (tertiary/aromatic N) is 5. The first-order valence-corrected chi connectivity index (χ1v) is 8.34. The Kier molecular flexibility index (Phi) is 4.20. The summed E-state index contributed by atoms with van der Waals surface area (Å²) in [6.45, 7) is 5.58. The van der Waals surface area contributed by atoms with Crippen LogP contribution >= 0.6 is 0 Å². The van der Waals surface area contributed by atoms with Crippen LogP contribution in [-0.2, 0) is 4.74 Å². The van der Waals surface area contributed by atoms with Crippen LogP contribution in [0.2, 0.25) is 0 Å². The summed E-state index contributed by atoms with van der Waals surface area (Å²) in [5.41, 5.74) is 1.93. The summed E-state index contributed by atoms with van der Waals surface area (Å²) in [4.78, 5) is 19.8. The van der Waals surface area contributed by atoms with Crippen molar-refractivity contribution in [3.8, 4) is 11.3 Å². The molecule has 0 bridgehead atoms. The highest BCUT2D eigenvalue weighted by Gasteiger charge is 2.23. The van der Waals surface area contributed by atoms with E-state index in [9.17, 15) is 8.78 Å². The Balaban J connectivity index is 1.92. The maximum Gasteiger partial charge on any atom is 0.228 e. The van der Waals surface area contributed by atoms with Crippen molar-refractivity contribution in [3.05, 3.63) is 41.7 Å². The van der Waals surface area contributed by atoms with E-state index in [1.807, 2.05) is 18.7 Å². The number of fused-ring (bicyclic) bond motifs is 1. The Morgan fingerprint density at radius 3 is 2.81 bits per heavy atom. The van der Waals surface area contributed by atoms with Crippen LogP contribution in [0.4, 0.5) is 14.7 Å². The molecule has 2 aromatic heterocycles. The highest BCUT2D eigenvalue weighted by atomic mass is 19.1. The van der Waals surface area contributed by atoms with Crippen LogP contribution in [0.25, 0.3) is 22.4 Å². The van der Waals surface area contributed by atoms with Crippen LogP contribution in [0.3, 0.4) is 0 Å². The number of ether oxygens (including phenoxy) is 1. The predicted octanol–water partition coefficient (Wildman–Crippen LogP) is 2.90. The van der Waals surface area contributed by atoms with Gasteiger partial charge in [-0.05, 0) is 26.0 Å². The van der Waals surface area contributed by atoms with Crippen molar-refractivity contribution < 1.29 is 13.5 Å². The van der Waals surface area contributed by atoms with Crippen LogP contribution in [0.1, 0.15) is 12.6 Å². The molecule has 6 nitrogen and oxygen atoms in total. The summed E-state index contributed by atoms with van der Waals surface area (Å²) in [6.07, 6.45) is 1.62. The van der Waals surface area contributed by atoms with Gasteiger partial charge in [0, 0.05) is 30.9 Å². The highest BCUT2D eigenvalue weighted by molar-refractivity contribution is 5.88. The number of morpholine rings is 1. The van der Waals surface area contributed by atoms with Crippen LogP contribution < -0.4 is 4.90 Å². The first-order valence-electron chi connectivity index (χ1n) is 8.34. The maximum absolute atomic E-state index is 14.4. The van der Waals surface area contributed by atoms with Gasteiger partial charge in [0.05, 0.1) is 18.4 Å². The van der Waals surface area contributed by atoms with Gasteiger partial charge in [-0.3, -0.25) is 0 Å². The molecule has 0 unspecified atom stereocenters. The molecule has 8 heteroatoms. The van der Waals surface area contributed by atoms with Crippen LogP contribution in [0.5, 0.6) is 0 Å². The Morgan fingerprint density at radius 2 is 2.04 bits per heavy atom. The Morgan fingerprint density at radius 1 is 1.19 bits per heavy atom. The lowest BCUT2D eigenvalue weighted by Crippen LogP contribution is -2.42. The zero-order valence-corrected chi connectivity index (χ0v) is 14.4. The fraction of sp³-hybridized carbons (Fsp3) is 0.333. The Labute approximate surface area is 148 Å². The molecule has 1 atom stereocenters. The minimum atomic E-state index is -0.700. The molecule has 1 saturated heterocycles. The molecule has 134 valence electrons. The molecule has 1 fully saturated rings. The summed E-state index contributed by atoms with van der Waals surface area (Å²) >= 11 is 0. The Hall–Kier alpha value is -2.74. The first kappa shape index (κ1) is 16.7. The lowest BCUT2D eigenvalue weighted by atomic mass is 10.1. The van der Waals surface area contributed by atoms with Gasteiger partial charge in [0.15, 0.2) is 5.65 Å². The summed E-state index contributed by atoms with van der Waals surface area (Å²) < 4.78 is 33.3. The van der Waals surface area contributed by atoms with Crippen molar-refractivity contribution in [2.75, 3.05) is 24.6 Å². The molecule has 0 spiro atoms. The molecule has 4 rings (SSSR count). The van der Waals surface area contributed by atoms with E-state index in [1.54, 1.807) is 6.20 Å². The zero-order valence-electron chi connectivity index (χ0n) is 14.4. The lowest BCUT2D eigenvalue weighted by molar-refractivity contribution is 0.0526. The monoisotopic (exact) mass is 357 g/mol. The lowest BCUT2D eigenvalue weighted by Gasteiger charge is -2.31. The van der Waals surface area contributed by atoms with Crippen molar-refractivity contribution >= 4 is 17.1 Å². The van der Waals surface area contributed by atoms with E-state index in [2.05, 4.69) is 19.9 Å². The fourth-order valence-corrected chi connectivity index (χ4v) is 2.99. The van der Waals surface area contributed by atoms with Crippen molar-refractivity contribution in [2.45, 2.75) is 20.0 Å². The van der Waals surface area contributed by atoms with E-state index in [0.29, 0.717) is 48.2 Å². The van der Waals surface area contributed by atoms with Crippen LogP contribution in [-0.4, -0.2) is 45.7 Å². The van der Waals surface area contributed by atoms with Gasteiger partial charge in [0.25, 0.3) is 0 Å². The average Bonchev–Trinajstić information content (AvgIpc) is 2.60. The van der Waals surface area contributed by atoms with E-state index in [1.165, 1.54) is 12.1 Å². The van der Waals surface area contributed by atoms with Gasteiger partial charge in [-0.1, -0.05) is 0 Å². The predicted molar refractivity (Wildman–Crippen MR) is 92.8 cm³/mol. The largest absolute Gasteiger partial charge is 0.375 e. The molecular formula is C18H17F2N5O. The normalized spacial score (nSPS) is 17.7. The number of rotatable bonds is 2. The van der Waals surface area contributed by atoms with E-state index in [-0.39, 0.29) is 11.7 Å². The average molecular weight is 357 g/mol. The van der Waals surface area contributed by atoms with Crippen molar-refractivity contribution in [1.82, 2.24) is 19.9 Å². The van der Waals surface area contributed by atoms with E-state index < -0.39 is 11.6 Å². The van der Waals surface area contributed by atoms with Gasteiger partial charge < -0.3 is 9.64 Å². The van der Waals surface area contributed by atoms with Gasteiger partial charge in [-0.2, -0.15) is 4.98 Å². The third kappa shape index (κ3) is 3.08. The number of halogens is 2. The van der Waals surface area contributed by atoms with E-state index in [4.69, 9.17) is 4.74 Å². The molecule has 26 heavy (non-hydrogen) atoms. The minimum absolute atomic E-state index is 0.0395. The van der Waals surface area contributed by atoms with Crippen molar-refractivity contribution in [2.24, 2.45) is 0 Å². The molecule has 0 aliphatic carbocycles. The molecule has 0 saturated carbocycles. The Bertz CT molecular complexity index is 981. The molecule has 0 radical (unpaired) electrons. The third-order valence-corrected chi connectivity index (χ3v) is 4.23. The molecule has 1 aliphatic rings. The topological polar surface area (TPSA) is 64.0 Å². The number of aromatic nitrogens is 4. The second-order valence-electron chi connectivity index (χ2n) is 6.31. The number of aryl methyl sites for hydroxylation is 1. The number of hydrogen-bond acceptors (Lipinski definition) is 6.